The van der Waals surface area contributed by atoms with Crippen molar-refractivity contribution in [3.05, 3.63) is 28.2 Å². The topological polar surface area (TPSA) is 41.5 Å². The Morgan fingerprint density at radius 3 is 2.71 bits per heavy atom. The molecule has 17 heavy (non-hydrogen) atoms. The minimum Gasteiger partial charge on any atom is -0.496 e. The van der Waals surface area contributed by atoms with Crippen molar-refractivity contribution in [3.8, 4) is 5.75 Å². The second-order valence-corrected chi connectivity index (χ2v) is 5.28. The van der Waals surface area contributed by atoms with E-state index in [0.29, 0.717) is 5.92 Å². The van der Waals surface area contributed by atoms with Crippen molar-refractivity contribution in [1.82, 2.24) is 5.32 Å². The first-order valence-corrected chi connectivity index (χ1v) is 6.74. The number of piperidine rings is 1. The van der Waals surface area contributed by atoms with Gasteiger partial charge in [0.05, 0.1) is 17.7 Å². The van der Waals surface area contributed by atoms with Crippen LogP contribution in [0.4, 0.5) is 0 Å². The van der Waals surface area contributed by atoms with Crippen molar-refractivity contribution < 1.29 is 9.84 Å². The molecule has 1 aliphatic heterocycles. The molecule has 94 valence electrons. The zero-order valence-electron chi connectivity index (χ0n) is 9.95. The van der Waals surface area contributed by atoms with E-state index < -0.39 is 0 Å². The molecule has 1 fully saturated rings. The number of halogens is 1. The summed E-state index contributed by atoms with van der Waals surface area (Å²) in [6.45, 7) is 2.00. The van der Waals surface area contributed by atoms with Crippen LogP contribution in [0.15, 0.2) is 22.7 Å². The predicted octanol–water partition coefficient (Wildman–Crippen LogP) is 2.49. The molecule has 1 aromatic rings. The normalized spacial score (nSPS) is 19.0. The summed E-state index contributed by atoms with van der Waals surface area (Å²) in [5.41, 5.74) is 0.963. The Kier molecular flexibility index (Phi) is 4.42. The number of ether oxygens (including phenoxy) is 1. The van der Waals surface area contributed by atoms with E-state index in [1.165, 1.54) is 0 Å². The fourth-order valence-corrected chi connectivity index (χ4v) is 2.86. The first-order chi connectivity index (χ1) is 8.22. The lowest BCUT2D eigenvalue weighted by Crippen LogP contribution is -2.30. The van der Waals surface area contributed by atoms with Crippen molar-refractivity contribution in [2.75, 3.05) is 20.2 Å². The monoisotopic (exact) mass is 299 g/mol. The van der Waals surface area contributed by atoms with Gasteiger partial charge in [0.2, 0.25) is 0 Å². The van der Waals surface area contributed by atoms with Crippen LogP contribution in [-0.2, 0) is 0 Å². The van der Waals surface area contributed by atoms with Gasteiger partial charge in [0, 0.05) is 0 Å². The molecule has 3 nitrogen and oxygen atoms in total. The number of benzene rings is 1. The van der Waals surface area contributed by atoms with Gasteiger partial charge < -0.3 is 15.2 Å². The Morgan fingerprint density at radius 1 is 1.41 bits per heavy atom. The average molecular weight is 300 g/mol. The van der Waals surface area contributed by atoms with Crippen LogP contribution in [0.3, 0.4) is 0 Å². The third kappa shape index (κ3) is 3.00. The largest absolute Gasteiger partial charge is 0.496 e. The standard InChI is InChI=1S/C13H18BrNO2/c1-17-12-3-2-10(8-11(12)14)13(16)9-4-6-15-7-5-9/h2-3,8-9,13,15-16H,4-7H2,1H3. The summed E-state index contributed by atoms with van der Waals surface area (Å²) < 4.78 is 6.08. The van der Waals surface area contributed by atoms with E-state index in [2.05, 4.69) is 21.2 Å². The number of hydrogen-bond acceptors (Lipinski definition) is 3. The fraction of sp³-hybridized carbons (Fsp3) is 0.538. The van der Waals surface area contributed by atoms with Crippen LogP contribution in [0.2, 0.25) is 0 Å². The van der Waals surface area contributed by atoms with Gasteiger partial charge in [-0.05, 0) is 65.5 Å². The lowest BCUT2D eigenvalue weighted by atomic mass is 9.88. The summed E-state index contributed by atoms with van der Waals surface area (Å²) in [4.78, 5) is 0. The van der Waals surface area contributed by atoms with Gasteiger partial charge in [-0.25, -0.2) is 0 Å². The van der Waals surface area contributed by atoms with Gasteiger partial charge >= 0.3 is 0 Å². The predicted molar refractivity (Wildman–Crippen MR) is 71.2 cm³/mol. The van der Waals surface area contributed by atoms with E-state index in [9.17, 15) is 5.11 Å². The Labute approximate surface area is 110 Å². The molecule has 0 bridgehead atoms. The second-order valence-electron chi connectivity index (χ2n) is 4.43. The first kappa shape index (κ1) is 12.9. The third-order valence-corrected chi connectivity index (χ3v) is 3.97. The summed E-state index contributed by atoms with van der Waals surface area (Å²) in [5, 5.41) is 13.7. The number of aliphatic hydroxyl groups is 1. The highest BCUT2D eigenvalue weighted by Gasteiger charge is 2.23. The van der Waals surface area contributed by atoms with Crippen molar-refractivity contribution in [1.29, 1.82) is 0 Å². The molecule has 0 amide bonds. The minimum absolute atomic E-state index is 0.358. The van der Waals surface area contributed by atoms with Gasteiger partial charge in [-0.15, -0.1) is 0 Å². The van der Waals surface area contributed by atoms with E-state index in [-0.39, 0.29) is 6.10 Å². The summed E-state index contributed by atoms with van der Waals surface area (Å²) in [5.74, 6) is 1.16. The second kappa shape index (κ2) is 5.85. The zero-order valence-corrected chi connectivity index (χ0v) is 11.5. The molecular formula is C13H18BrNO2. The Hall–Kier alpha value is -0.580. The molecule has 1 unspecified atom stereocenters. The Morgan fingerprint density at radius 2 is 2.12 bits per heavy atom. The molecule has 2 rings (SSSR count). The van der Waals surface area contributed by atoms with E-state index in [1.807, 2.05) is 18.2 Å². The van der Waals surface area contributed by atoms with E-state index >= 15 is 0 Å². The molecule has 1 atom stereocenters. The quantitative estimate of drug-likeness (QED) is 0.901. The maximum atomic E-state index is 10.3. The Balaban J connectivity index is 2.12. The highest BCUT2D eigenvalue weighted by atomic mass is 79.9. The van der Waals surface area contributed by atoms with Crippen LogP contribution in [0.5, 0.6) is 5.75 Å². The van der Waals surface area contributed by atoms with Crippen LogP contribution < -0.4 is 10.1 Å². The van der Waals surface area contributed by atoms with Gasteiger partial charge in [0.25, 0.3) is 0 Å². The first-order valence-electron chi connectivity index (χ1n) is 5.94. The molecule has 0 aliphatic carbocycles. The minimum atomic E-state index is -0.376. The van der Waals surface area contributed by atoms with E-state index in [0.717, 1.165) is 41.7 Å². The molecule has 1 aromatic carbocycles. The van der Waals surface area contributed by atoms with Gasteiger partial charge in [-0.2, -0.15) is 0 Å². The lowest BCUT2D eigenvalue weighted by Gasteiger charge is -2.27. The highest BCUT2D eigenvalue weighted by Crippen LogP contribution is 2.33. The lowest BCUT2D eigenvalue weighted by molar-refractivity contribution is 0.0888. The molecule has 0 spiro atoms. The number of aliphatic hydroxyl groups excluding tert-OH is 1. The van der Waals surface area contributed by atoms with Crippen molar-refractivity contribution >= 4 is 15.9 Å². The van der Waals surface area contributed by atoms with Crippen molar-refractivity contribution in [3.63, 3.8) is 0 Å². The van der Waals surface area contributed by atoms with Crippen LogP contribution in [-0.4, -0.2) is 25.3 Å². The average Bonchev–Trinajstić information content (AvgIpc) is 2.39. The van der Waals surface area contributed by atoms with Crippen molar-refractivity contribution in [2.45, 2.75) is 18.9 Å². The van der Waals surface area contributed by atoms with Gasteiger partial charge in [-0.1, -0.05) is 6.07 Å². The zero-order chi connectivity index (χ0) is 12.3. The molecule has 1 heterocycles. The number of nitrogens with one attached hydrogen (secondary N) is 1. The van der Waals surface area contributed by atoms with Crippen molar-refractivity contribution in [2.24, 2.45) is 5.92 Å². The molecule has 4 heteroatoms. The van der Waals surface area contributed by atoms with Gasteiger partial charge in [0.1, 0.15) is 5.75 Å². The van der Waals surface area contributed by atoms with Gasteiger partial charge in [0.15, 0.2) is 0 Å². The molecule has 0 saturated carbocycles. The summed E-state index contributed by atoms with van der Waals surface area (Å²) in [6.07, 6.45) is 1.69. The molecule has 0 radical (unpaired) electrons. The SMILES string of the molecule is COc1ccc(C(O)C2CCNCC2)cc1Br. The molecule has 2 N–H and O–H groups in total. The third-order valence-electron chi connectivity index (χ3n) is 3.35. The summed E-state index contributed by atoms with van der Waals surface area (Å²) in [6, 6.07) is 5.78. The Bertz CT molecular complexity index is 378. The maximum Gasteiger partial charge on any atom is 0.133 e. The van der Waals surface area contributed by atoms with Crippen LogP contribution in [0.1, 0.15) is 24.5 Å². The number of hydrogen-bond donors (Lipinski definition) is 2. The summed E-state index contributed by atoms with van der Waals surface area (Å²) in [7, 11) is 1.64. The number of methoxy groups -OCH3 is 1. The van der Waals surface area contributed by atoms with E-state index in [1.54, 1.807) is 7.11 Å². The fourth-order valence-electron chi connectivity index (χ4n) is 2.30. The molecule has 0 aromatic heterocycles. The smallest absolute Gasteiger partial charge is 0.133 e. The maximum absolute atomic E-state index is 10.3. The highest BCUT2D eigenvalue weighted by molar-refractivity contribution is 9.10. The van der Waals surface area contributed by atoms with Crippen LogP contribution >= 0.6 is 15.9 Å². The molecule has 1 saturated heterocycles. The molecule has 1 aliphatic rings. The van der Waals surface area contributed by atoms with Gasteiger partial charge in [-0.3, -0.25) is 0 Å². The summed E-state index contributed by atoms with van der Waals surface area (Å²) >= 11 is 3.45. The van der Waals surface area contributed by atoms with Crippen LogP contribution in [0, 0.1) is 5.92 Å². The number of rotatable bonds is 3. The van der Waals surface area contributed by atoms with E-state index in [4.69, 9.17) is 4.74 Å². The molecular weight excluding hydrogens is 282 g/mol. The van der Waals surface area contributed by atoms with Crippen LogP contribution in [0.25, 0.3) is 0 Å².